The van der Waals surface area contributed by atoms with Crippen molar-refractivity contribution < 1.29 is 0 Å². The molecule has 0 radical (unpaired) electrons. The zero-order chi connectivity index (χ0) is 15.6. The van der Waals surface area contributed by atoms with Crippen molar-refractivity contribution in [3.63, 3.8) is 0 Å². The number of rotatable bonds is 4. The highest BCUT2D eigenvalue weighted by atomic mass is 32.1. The van der Waals surface area contributed by atoms with E-state index in [0.717, 1.165) is 19.0 Å². The van der Waals surface area contributed by atoms with Gasteiger partial charge in [0.1, 0.15) is 0 Å². The van der Waals surface area contributed by atoms with Crippen molar-refractivity contribution in [3.05, 3.63) is 10.6 Å². The standard InChI is InChI=1S/C17H31N3S/c1-12(2)15-14(10-18-17(4,5)6)21-16(19-15)20-9-7-8-13(3)11-20/h12-13,18H,7-11H2,1-6H3. The molecule has 120 valence electrons. The number of aromatic nitrogens is 1. The molecular formula is C17H31N3S. The second kappa shape index (κ2) is 6.66. The van der Waals surface area contributed by atoms with Crippen LogP contribution < -0.4 is 10.2 Å². The average molecular weight is 310 g/mol. The molecule has 21 heavy (non-hydrogen) atoms. The third-order valence-corrected chi connectivity index (χ3v) is 5.10. The highest BCUT2D eigenvalue weighted by molar-refractivity contribution is 7.15. The maximum atomic E-state index is 4.97. The van der Waals surface area contributed by atoms with E-state index in [-0.39, 0.29) is 5.54 Å². The second-order valence-electron chi connectivity index (χ2n) is 7.76. The van der Waals surface area contributed by atoms with Crippen LogP contribution in [0.5, 0.6) is 0 Å². The first-order valence-electron chi connectivity index (χ1n) is 8.26. The number of nitrogens with one attached hydrogen (secondary N) is 1. The number of anilines is 1. The summed E-state index contributed by atoms with van der Waals surface area (Å²) < 4.78 is 0. The summed E-state index contributed by atoms with van der Waals surface area (Å²) in [6.07, 6.45) is 2.66. The van der Waals surface area contributed by atoms with Gasteiger partial charge in [0.15, 0.2) is 5.13 Å². The predicted molar refractivity (Wildman–Crippen MR) is 93.4 cm³/mol. The van der Waals surface area contributed by atoms with E-state index in [1.54, 1.807) is 0 Å². The van der Waals surface area contributed by atoms with Crippen molar-refractivity contribution in [2.45, 2.75) is 72.4 Å². The summed E-state index contributed by atoms with van der Waals surface area (Å²) in [7, 11) is 0. The average Bonchev–Trinajstić information content (AvgIpc) is 2.80. The van der Waals surface area contributed by atoms with E-state index >= 15 is 0 Å². The third-order valence-electron chi connectivity index (χ3n) is 3.97. The number of hydrogen-bond acceptors (Lipinski definition) is 4. The number of nitrogens with zero attached hydrogens (tertiary/aromatic N) is 2. The van der Waals surface area contributed by atoms with Crippen LogP contribution in [0.15, 0.2) is 0 Å². The van der Waals surface area contributed by atoms with Gasteiger partial charge in [-0.3, -0.25) is 0 Å². The fraction of sp³-hybridized carbons (Fsp3) is 0.824. The molecule has 1 atom stereocenters. The molecule has 0 aromatic carbocycles. The minimum atomic E-state index is 0.151. The first-order valence-corrected chi connectivity index (χ1v) is 9.07. The normalized spacial score (nSPS) is 20.3. The Balaban J connectivity index is 2.16. The van der Waals surface area contributed by atoms with E-state index in [2.05, 4.69) is 51.8 Å². The van der Waals surface area contributed by atoms with Gasteiger partial charge in [-0.1, -0.05) is 20.8 Å². The third kappa shape index (κ3) is 4.68. The molecule has 1 aliphatic heterocycles. The molecule has 2 heterocycles. The molecule has 4 heteroatoms. The largest absolute Gasteiger partial charge is 0.348 e. The first-order chi connectivity index (χ1) is 9.76. The molecule has 0 bridgehead atoms. The van der Waals surface area contributed by atoms with Crippen LogP contribution in [0, 0.1) is 5.92 Å². The van der Waals surface area contributed by atoms with Gasteiger partial charge < -0.3 is 10.2 Å². The van der Waals surface area contributed by atoms with Gasteiger partial charge in [-0.05, 0) is 45.4 Å². The van der Waals surface area contributed by atoms with E-state index in [9.17, 15) is 0 Å². The highest BCUT2D eigenvalue weighted by Crippen LogP contribution is 2.33. The summed E-state index contributed by atoms with van der Waals surface area (Å²) in [5.41, 5.74) is 1.43. The van der Waals surface area contributed by atoms with Gasteiger partial charge >= 0.3 is 0 Å². The zero-order valence-corrected chi connectivity index (χ0v) is 15.3. The summed E-state index contributed by atoms with van der Waals surface area (Å²) in [5.74, 6) is 1.29. The first kappa shape index (κ1) is 16.8. The fourth-order valence-electron chi connectivity index (χ4n) is 2.77. The second-order valence-corrected chi connectivity index (χ2v) is 8.82. The lowest BCUT2D eigenvalue weighted by Crippen LogP contribution is -2.35. The highest BCUT2D eigenvalue weighted by Gasteiger charge is 2.23. The maximum Gasteiger partial charge on any atom is 0.185 e. The zero-order valence-electron chi connectivity index (χ0n) is 14.5. The van der Waals surface area contributed by atoms with E-state index in [1.165, 1.54) is 35.1 Å². The van der Waals surface area contributed by atoms with Crippen LogP contribution in [0.3, 0.4) is 0 Å². The van der Waals surface area contributed by atoms with E-state index in [4.69, 9.17) is 4.98 Å². The molecular weight excluding hydrogens is 278 g/mol. The summed E-state index contributed by atoms with van der Waals surface area (Å²) in [6.45, 7) is 16.8. The van der Waals surface area contributed by atoms with E-state index < -0.39 is 0 Å². The van der Waals surface area contributed by atoms with Crippen LogP contribution >= 0.6 is 11.3 Å². The molecule has 3 nitrogen and oxygen atoms in total. The lowest BCUT2D eigenvalue weighted by Gasteiger charge is -2.30. The lowest BCUT2D eigenvalue weighted by atomic mass is 10.0. The Kier molecular flexibility index (Phi) is 5.31. The van der Waals surface area contributed by atoms with Crippen LogP contribution in [0.4, 0.5) is 5.13 Å². The predicted octanol–water partition coefficient (Wildman–Crippen LogP) is 4.39. The van der Waals surface area contributed by atoms with Crippen molar-refractivity contribution in [3.8, 4) is 0 Å². The van der Waals surface area contributed by atoms with Crippen LogP contribution in [0.25, 0.3) is 0 Å². The molecule has 0 amide bonds. The number of piperidine rings is 1. The van der Waals surface area contributed by atoms with Gasteiger partial charge in [-0.2, -0.15) is 0 Å². The van der Waals surface area contributed by atoms with Crippen molar-refractivity contribution in [2.24, 2.45) is 5.92 Å². The Morgan fingerprint density at radius 1 is 1.38 bits per heavy atom. The number of thiazole rings is 1. The van der Waals surface area contributed by atoms with Gasteiger partial charge in [-0.15, -0.1) is 11.3 Å². The molecule has 0 aliphatic carbocycles. The molecule has 0 saturated carbocycles. The Bertz CT molecular complexity index is 459. The molecule has 1 aromatic heterocycles. The summed E-state index contributed by atoms with van der Waals surface area (Å²) in [5, 5.41) is 4.84. The topological polar surface area (TPSA) is 28.2 Å². The van der Waals surface area contributed by atoms with Gasteiger partial charge in [0.05, 0.1) is 5.69 Å². The fourth-order valence-corrected chi connectivity index (χ4v) is 3.96. The van der Waals surface area contributed by atoms with Gasteiger partial charge in [0.2, 0.25) is 0 Å². The maximum absolute atomic E-state index is 4.97. The van der Waals surface area contributed by atoms with Crippen molar-refractivity contribution in [1.29, 1.82) is 0 Å². The monoisotopic (exact) mass is 309 g/mol. The number of hydrogen-bond donors (Lipinski definition) is 1. The van der Waals surface area contributed by atoms with Crippen LogP contribution in [-0.4, -0.2) is 23.6 Å². The Labute approximate surface area is 134 Å². The molecule has 1 aromatic rings. The Hall–Kier alpha value is -0.610. The van der Waals surface area contributed by atoms with Crippen LogP contribution in [0.1, 0.15) is 70.9 Å². The SMILES string of the molecule is CC1CCCN(c2nc(C(C)C)c(CNC(C)(C)C)s2)C1. The molecule has 0 spiro atoms. The molecule has 2 rings (SSSR count). The van der Waals surface area contributed by atoms with Crippen molar-refractivity contribution in [1.82, 2.24) is 10.3 Å². The van der Waals surface area contributed by atoms with Gasteiger partial charge in [0, 0.05) is 30.1 Å². The Morgan fingerprint density at radius 2 is 2.10 bits per heavy atom. The molecule has 1 unspecified atom stereocenters. The summed E-state index contributed by atoms with van der Waals surface area (Å²) >= 11 is 1.89. The molecule has 1 aliphatic rings. The van der Waals surface area contributed by atoms with Crippen molar-refractivity contribution in [2.75, 3.05) is 18.0 Å². The minimum absolute atomic E-state index is 0.151. The molecule has 1 saturated heterocycles. The van der Waals surface area contributed by atoms with Crippen LogP contribution in [0.2, 0.25) is 0 Å². The summed E-state index contributed by atoms with van der Waals surface area (Å²) in [4.78, 5) is 8.87. The Morgan fingerprint density at radius 3 is 2.67 bits per heavy atom. The summed E-state index contributed by atoms with van der Waals surface area (Å²) in [6, 6.07) is 0. The molecule has 1 fully saturated rings. The van der Waals surface area contributed by atoms with Gasteiger partial charge in [-0.25, -0.2) is 4.98 Å². The van der Waals surface area contributed by atoms with Gasteiger partial charge in [0.25, 0.3) is 0 Å². The van der Waals surface area contributed by atoms with E-state index in [0.29, 0.717) is 5.92 Å². The van der Waals surface area contributed by atoms with E-state index in [1.807, 2.05) is 11.3 Å². The lowest BCUT2D eigenvalue weighted by molar-refractivity contribution is 0.425. The van der Waals surface area contributed by atoms with Crippen molar-refractivity contribution >= 4 is 16.5 Å². The van der Waals surface area contributed by atoms with Crippen LogP contribution in [-0.2, 0) is 6.54 Å². The quantitative estimate of drug-likeness (QED) is 0.894. The minimum Gasteiger partial charge on any atom is -0.348 e. The molecule has 1 N–H and O–H groups in total. The smallest absolute Gasteiger partial charge is 0.185 e.